The lowest BCUT2D eigenvalue weighted by Gasteiger charge is -2.23. The molecule has 1 aliphatic carbocycles. The van der Waals surface area contributed by atoms with Crippen molar-refractivity contribution in [3.8, 4) is 0 Å². The number of carbonyl (C=O) groups is 2. The number of rotatable bonds is 1. The summed E-state index contributed by atoms with van der Waals surface area (Å²) in [6, 6.07) is -0.299. The van der Waals surface area contributed by atoms with Gasteiger partial charge in [-0.15, -0.1) is 0 Å². The van der Waals surface area contributed by atoms with Crippen molar-refractivity contribution in [3.05, 3.63) is 23.8 Å². The molecule has 1 N–H and O–H groups in total. The number of amides is 2. The van der Waals surface area contributed by atoms with Gasteiger partial charge in [0.25, 0.3) is 0 Å². The van der Waals surface area contributed by atoms with Crippen LogP contribution >= 0.6 is 0 Å². The van der Waals surface area contributed by atoms with Crippen LogP contribution in [0, 0.1) is 0 Å². The van der Waals surface area contributed by atoms with Crippen molar-refractivity contribution in [2.24, 2.45) is 0 Å². The van der Waals surface area contributed by atoms with Gasteiger partial charge >= 0.3 is 0 Å². The van der Waals surface area contributed by atoms with Crippen LogP contribution in [0.5, 0.6) is 0 Å². The van der Waals surface area contributed by atoms with Gasteiger partial charge in [0.05, 0.1) is 17.7 Å². The average Bonchev–Trinajstić information content (AvgIpc) is 2.73. The Morgan fingerprint density at radius 2 is 2.24 bits per heavy atom. The fourth-order valence-corrected chi connectivity index (χ4v) is 2.40. The second-order valence-corrected chi connectivity index (χ2v) is 4.39. The third-order valence-corrected chi connectivity index (χ3v) is 3.28. The van der Waals surface area contributed by atoms with E-state index in [4.69, 9.17) is 0 Å². The first-order valence-corrected chi connectivity index (χ1v) is 5.81. The van der Waals surface area contributed by atoms with E-state index in [9.17, 15) is 9.59 Å². The van der Waals surface area contributed by atoms with Gasteiger partial charge in [-0.1, -0.05) is 6.08 Å². The highest BCUT2D eigenvalue weighted by molar-refractivity contribution is 5.99. The Labute approximate surface area is 98.5 Å². The maximum atomic E-state index is 11.8. The zero-order valence-electron chi connectivity index (χ0n) is 9.35. The Kier molecular flexibility index (Phi) is 2.31. The smallest absolute Gasteiger partial charge is 0.249 e. The van der Waals surface area contributed by atoms with Crippen molar-refractivity contribution >= 4 is 17.9 Å². The van der Waals surface area contributed by atoms with Crippen LogP contribution in [0.1, 0.15) is 36.7 Å². The number of aromatic nitrogens is 2. The van der Waals surface area contributed by atoms with Crippen LogP contribution in [-0.4, -0.2) is 21.4 Å². The molecule has 1 atom stereocenters. The summed E-state index contributed by atoms with van der Waals surface area (Å²) in [6.45, 7) is 0. The largest absolute Gasteiger partial charge is 0.318 e. The second-order valence-electron chi connectivity index (χ2n) is 4.39. The molecule has 0 saturated carbocycles. The van der Waals surface area contributed by atoms with Gasteiger partial charge in [0.1, 0.15) is 6.04 Å². The number of aryl methyl sites for hydroxylation is 1. The molecule has 1 aromatic heterocycles. The van der Waals surface area contributed by atoms with E-state index in [0.717, 1.165) is 24.2 Å². The van der Waals surface area contributed by atoms with Crippen LogP contribution in [0.4, 0.5) is 0 Å². The van der Waals surface area contributed by atoms with Gasteiger partial charge in [0.2, 0.25) is 11.8 Å². The third kappa shape index (κ3) is 1.67. The summed E-state index contributed by atoms with van der Waals surface area (Å²) in [4.78, 5) is 27.2. The number of fused-ring (bicyclic) bond motifs is 1. The monoisotopic (exact) mass is 231 g/mol. The lowest BCUT2D eigenvalue weighted by Crippen LogP contribution is -2.41. The number of imide groups is 1. The van der Waals surface area contributed by atoms with E-state index in [1.807, 2.05) is 10.6 Å². The molecule has 1 aliphatic heterocycles. The molecule has 5 heteroatoms. The van der Waals surface area contributed by atoms with Gasteiger partial charge in [0.15, 0.2) is 0 Å². The number of allylic oxidation sites excluding steroid dienone is 1. The first-order valence-electron chi connectivity index (χ1n) is 5.81. The van der Waals surface area contributed by atoms with Crippen molar-refractivity contribution in [2.45, 2.75) is 31.7 Å². The van der Waals surface area contributed by atoms with E-state index in [-0.39, 0.29) is 17.9 Å². The van der Waals surface area contributed by atoms with Gasteiger partial charge in [0, 0.05) is 6.42 Å². The molecule has 1 aromatic rings. The summed E-state index contributed by atoms with van der Waals surface area (Å²) in [5, 5.41) is 2.37. The quantitative estimate of drug-likeness (QED) is 0.728. The van der Waals surface area contributed by atoms with E-state index in [0.29, 0.717) is 12.8 Å². The molecule has 17 heavy (non-hydrogen) atoms. The summed E-state index contributed by atoms with van der Waals surface area (Å²) >= 11 is 0. The second kappa shape index (κ2) is 3.84. The molecular formula is C12H13N3O2. The molecule has 1 unspecified atom stereocenters. The van der Waals surface area contributed by atoms with Gasteiger partial charge in [-0.2, -0.15) is 0 Å². The maximum Gasteiger partial charge on any atom is 0.249 e. The van der Waals surface area contributed by atoms with E-state index in [1.165, 1.54) is 0 Å². The number of piperidine rings is 1. The normalized spacial score (nSPS) is 23.4. The molecule has 2 heterocycles. The van der Waals surface area contributed by atoms with Crippen molar-refractivity contribution < 1.29 is 9.59 Å². The molecule has 0 bridgehead atoms. The number of hydrogen-bond donors (Lipinski definition) is 1. The van der Waals surface area contributed by atoms with Crippen molar-refractivity contribution in [3.63, 3.8) is 0 Å². The summed E-state index contributed by atoms with van der Waals surface area (Å²) < 4.78 is 1.88. The predicted molar refractivity (Wildman–Crippen MR) is 61.0 cm³/mol. The molecular weight excluding hydrogens is 218 g/mol. The summed E-state index contributed by atoms with van der Waals surface area (Å²) in [6.07, 6.45) is 8.68. The third-order valence-electron chi connectivity index (χ3n) is 3.28. The highest BCUT2D eigenvalue weighted by atomic mass is 16.2. The van der Waals surface area contributed by atoms with Crippen LogP contribution in [0.3, 0.4) is 0 Å². The fourth-order valence-electron chi connectivity index (χ4n) is 2.40. The van der Waals surface area contributed by atoms with E-state index in [1.54, 1.807) is 6.33 Å². The fraction of sp³-hybridized carbons (Fsp3) is 0.417. The Morgan fingerprint density at radius 1 is 1.35 bits per heavy atom. The van der Waals surface area contributed by atoms with Crippen LogP contribution in [0.25, 0.3) is 6.08 Å². The Bertz CT molecular complexity index is 516. The van der Waals surface area contributed by atoms with Crippen molar-refractivity contribution in [1.29, 1.82) is 0 Å². The van der Waals surface area contributed by atoms with E-state index < -0.39 is 0 Å². The van der Waals surface area contributed by atoms with Crippen LogP contribution in [0.15, 0.2) is 12.4 Å². The molecule has 0 spiro atoms. The van der Waals surface area contributed by atoms with Crippen LogP contribution < -0.4 is 5.32 Å². The standard InChI is InChI=1S/C12H13N3O2/c16-11-6-5-10(12(17)14-11)15-7-13-8-3-1-2-4-9(8)15/h2,4,7,10H,1,3,5-6H2,(H,14,16,17). The molecule has 1 saturated heterocycles. The number of nitrogens with one attached hydrogen (secondary N) is 1. The minimum absolute atomic E-state index is 0.184. The topological polar surface area (TPSA) is 64.0 Å². The number of nitrogens with zero attached hydrogens (tertiary/aromatic N) is 2. The Morgan fingerprint density at radius 3 is 3.06 bits per heavy atom. The van der Waals surface area contributed by atoms with Crippen molar-refractivity contribution in [1.82, 2.24) is 14.9 Å². The summed E-state index contributed by atoms with van der Waals surface area (Å²) in [5.74, 6) is -0.406. The summed E-state index contributed by atoms with van der Waals surface area (Å²) in [5.41, 5.74) is 2.04. The number of carbonyl (C=O) groups excluding carboxylic acids is 2. The average molecular weight is 231 g/mol. The molecule has 1 fully saturated rings. The predicted octanol–water partition coefficient (Wildman–Crippen LogP) is 0.820. The summed E-state index contributed by atoms with van der Waals surface area (Å²) in [7, 11) is 0. The molecule has 5 nitrogen and oxygen atoms in total. The van der Waals surface area contributed by atoms with Gasteiger partial charge in [-0.25, -0.2) is 4.98 Å². The molecule has 3 rings (SSSR count). The SMILES string of the molecule is O=C1CCC(n2cnc3c2C=CCC3)C(=O)N1. The minimum Gasteiger partial charge on any atom is -0.318 e. The molecule has 2 aliphatic rings. The lowest BCUT2D eigenvalue weighted by molar-refractivity contribution is -0.135. The molecule has 88 valence electrons. The van der Waals surface area contributed by atoms with E-state index in [2.05, 4.69) is 16.4 Å². The van der Waals surface area contributed by atoms with Gasteiger partial charge in [-0.05, 0) is 25.3 Å². The lowest BCUT2D eigenvalue weighted by atomic mass is 10.0. The van der Waals surface area contributed by atoms with Gasteiger partial charge in [-0.3, -0.25) is 14.9 Å². The highest BCUT2D eigenvalue weighted by Crippen LogP contribution is 2.25. The number of imidazole rings is 1. The highest BCUT2D eigenvalue weighted by Gasteiger charge is 2.29. The molecule has 2 amide bonds. The van der Waals surface area contributed by atoms with Crippen LogP contribution in [-0.2, 0) is 16.0 Å². The Balaban J connectivity index is 1.95. The minimum atomic E-state index is -0.299. The Hall–Kier alpha value is -1.91. The van der Waals surface area contributed by atoms with Crippen molar-refractivity contribution in [2.75, 3.05) is 0 Å². The number of hydrogen-bond acceptors (Lipinski definition) is 3. The maximum absolute atomic E-state index is 11.8. The zero-order chi connectivity index (χ0) is 11.8. The molecule has 0 aromatic carbocycles. The molecule has 0 radical (unpaired) electrons. The first kappa shape index (κ1) is 10.3. The van der Waals surface area contributed by atoms with Gasteiger partial charge < -0.3 is 4.57 Å². The first-order chi connectivity index (χ1) is 8.25. The zero-order valence-corrected chi connectivity index (χ0v) is 9.35. The van der Waals surface area contributed by atoms with E-state index >= 15 is 0 Å². The van der Waals surface area contributed by atoms with Crippen LogP contribution in [0.2, 0.25) is 0 Å².